The summed E-state index contributed by atoms with van der Waals surface area (Å²) >= 11 is 0. The molecule has 42 heavy (non-hydrogen) atoms. The summed E-state index contributed by atoms with van der Waals surface area (Å²) in [5.41, 5.74) is 5.43. The third kappa shape index (κ3) is 14.7. The second-order valence-corrected chi connectivity index (χ2v) is 9.74. The number of rotatable bonds is 23. The van der Waals surface area contributed by atoms with E-state index < -0.39 is 66.5 Å². The molecule has 5 atom stereocenters. The third-order valence-electron chi connectivity index (χ3n) is 5.82. The second-order valence-electron chi connectivity index (χ2n) is 9.74. The van der Waals surface area contributed by atoms with Crippen molar-refractivity contribution in [2.24, 2.45) is 11.7 Å². The number of aliphatic hydroxyl groups is 2. The number of nitrogens with two attached hydrogens (primary N) is 1. The molecule has 0 aliphatic carbocycles. The first-order valence-corrected chi connectivity index (χ1v) is 13.3. The third-order valence-corrected chi connectivity index (χ3v) is 5.82. The number of nitrogens with zero attached hydrogens (tertiary/aromatic N) is 1. The van der Waals surface area contributed by atoms with Crippen LogP contribution in [0.5, 0.6) is 0 Å². The molecule has 0 aliphatic rings. The molecule has 0 aromatic rings. The Morgan fingerprint density at radius 2 is 1.50 bits per heavy atom. The SMILES string of the molecule is CC(C)C[C@H](NC(=O)[C@H](CO)NC(=O)[C@H](NC(=O)[C@H](CCCN(O)C=O)NC=O)[C@@H](O)C(=O)O)C(=O)NCCCCN. The first-order valence-electron chi connectivity index (χ1n) is 13.3. The van der Waals surface area contributed by atoms with Crippen LogP contribution in [-0.2, 0) is 33.6 Å². The molecule has 0 aromatic heterocycles. The average molecular weight is 606 g/mol. The van der Waals surface area contributed by atoms with E-state index in [1.165, 1.54) is 0 Å². The lowest BCUT2D eigenvalue weighted by Crippen LogP contribution is -2.62. The van der Waals surface area contributed by atoms with Gasteiger partial charge in [-0.25, -0.2) is 9.86 Å². The summed E-state index contributed by atoms with van der Waals surface area (Å²) in [6.45, 7) is 3.16. The zero-order chi connectivity index (χ0) is 32.2. The fourth-order valence-electron chi connectivity index (χ4n) is 3.60. The van der Waals surface area contributed by atoms with E-state index in [-0.39, 0.29) is 49.6 Å². The van der Waals surface area contributed by atoms with Crippen molar-refractivity contribution in [3.05, 3.63) is 0 Å². The molecule has 0 rings (SSSR count). The number of unbranched alkanes of at least 4 members (excludes halogenated alkanes) is 1. The van der Waals surface area contributed by atoms with E-state index in [0.717, 1.165) is 0 Å². The molecule has 0 spiro atoms. The highest BCUT2D eigenvalue weighted by molar-refractivity contribution is 5.97. The molecule has 18 heteroatoms. The number of carboxylic acids is 1. The van der Waals surface area contributed by atoms with Gasteiger partial charge in [-0.15, -0.1) is 0 Å². The van der Waals surface area contributed by atoms with Gasteiger partial charge in [0.1, 0.15) is 24.2 Å². The largest absolute Gasteiger partial charge is 0.479 e. The number of carbonyl (C=O) groups excluding carboxylic acids is 6. The molecule has 0 radical (unpaired) electrons. The van der Waals surface area contributed by atoms with Gasteiger partial charge >= 0.3 is 5.97 Å². The monoisotopic (exact) mass is 605 g/mol. The molecule has 0 fully saturated rings. The zero-order valence-corrected chi connectivity index (χ0v) is 23.7. The number of carboxylic acid groups (broad SMARTS) is 1. The van der Waals surface area contributed by atoms with Gasteiger partial charge in [-0.2, -0.15) is 0 Å². The smallest absolute Gasteiger partial charge is 0.335 e. The van der Waals surface area contributed by atoms with Gasteiger partial charge in [0.15, 0.2) is 6.10 Å². The highest BCUT2D eigenvalue weighted by Gasteiger charge is 2.37. The maximum absolute atomic E-state index is 12.9. The van der Waals surface area contributed by atoms with E-state index >= 15 is 0 Å². The van der Waals surface area contributed by atoms with Crippen molar-refractivity contribution in [3.8, 4) is 0 Å². The van der Waals surface area contributed by atoms with Gasteiger partial charge in [0, 0.05) is 13.1 Å². The first kappa shape index (κ1) is 38.1. The Hall–Kier alpha value is -3.87. The predicted octanol–water partition coefficient (Wildman–Crippen LogP) is -4.48. The minimum Gasteiger partial charge on any atom is -0.479 e. The Bertz CT molecular complexity index is 906. The molecule has 0 heterocycles. The van der Waals surface area contributed by atoms with E-state index in [1.807, 2.05) is 24.5 Å². The van der Waals surface area contributed by atoms with Crippen molar-refractivity contribution in [1.82, 2.24) is 31.6 Å². The van der Waals surface area contributed by atoms with E-state index in [9.17, 15) is 54.1 Å². The Labute approximate surface area is 242 Å². The molecule has 240 valence electrons. The van der Waals surface area contributed by atoms with Crippen LogP contribution in [0.1, 0.15) is 46.0 Å². The molecule has 0 saturated heterocycles. The summed E-state index contributed by atoms with van der Waals surface area (Å²) in [5, 5.41) is 49.8. The van der Waals surface area contributed by atoms with Crippen LogP contribution in [0.15, 0.2) is 0 Å². The summed E-state index contributed by atoms with van der Waals surface area (Å²) in [5.74, 6) is -5.92. The standard InChI is InChI=1S/C24H43N7O11/c1-14(2)10-16(20(36)26-8-4-3-7-25)28-22(38)17(11-32)29-23(39)18(19(35)24(40)41)30-21(37)15(27-12-33)6-5-9-31(42)13-34/h12-19,32,35,42H,3-11,25H2,1-2H3,(H,26,36)(H,27,33)(H,28,38)(H,29,39)(H,30,37)(H,40,41)/t15-,16-,17-,18+,19+/m0/s1. The molecule has 0 aliphatic heterocycles. The Kier molecular flexibility index (Phi) is 19.0. The molecular weight excluding hydrogens is 562 g/mol. The molecule has 6 amide bonds. The van der Waals surface area contributed by atoms with Crippen LogP contribution in [-0.4, -0.2) is 125 Å². The Balaban J connectivity index is 5.64. The summed E-state index contributed by atoms with van der Waals surface area (Å²) < 4.78 is 0. The van der Waals surface area contributed by atoms with Crippen molar-refractivity contribution >= 4 is 42.4 Å². The van der Waals surface area contributed by atoms with Gasteiger partial charge in [-0.05, 0) is 44.6 Å². The number of carbonyl (C=O) groups is 7. The quantitative estimate of drug-likeness (QED) is 0.0228. The lowest BCUT2D eigenvalue weighted by Gasteiger charge is -2.27. The van der Waals surface area contributed by atoms with Crippen LogP contribution in [0.4, 0.5) is 0 Å². The first-order chi connectivity index (χ1) is 19.8. The molecule has 18 nitrogen and oxygen atoms in total. The van der Waals surface area contributed by atoms with E-state index in [4.69, 9.17) is 5.73 Å². The van der Waals surface area contributed by atoms with E-state index in [0.29, 0.717) is 25.9 Å². The molecular formula is C24H43N7O11. The number of hydrogen-bond donors (Lipinski definition) is 10. The lowest BCUT2D eigenvalue weighted by atomic mass is 10.0. The van der Waals surface area contributed by atoms with Crippen molar-refractivity contribution < 1.29 is 54.1 Å². The summed E-state index contributed by atoms with van der Waals surface area (Å²) in [4.78, 5) is 84.0. The fourth-order valence-corrected chi connectivity index (χ4v) is 3.60. The predicted molar refractivity (Wildman–Crippen MR) is 144 cm³/mol. The van der Waals surface area contributed by atoms with Gasteiger partial charge < -0.3 is 47.6 Å². The molecule has 0 aromatic carbocycles. The average Bonchev–Trinajstić information content (AvgIpc) is 2.94. The van der Waals surface area contributed by atoms with Gasteiger partial charge in [-0.3, -0.25) is 34.0 Å². The van der Waals surface area contributed by atoms with Crippen LogP contribution in [0.2, 0.25) is 0 Å². The summed E-state index contributed by atoms with van der Waals surface area (Å²) in [7, 11) is 0. The van der Waals surface area contributed by atoms with E-state index in [2.05, 4.69) is 16.0 Å². The maximum Gasteiger partial charge on any atom is 0.335 e. The van der Waals surface area contributed by atoms with Crippen LogP contribution in [0.3, 0.4) is 0 Å². The van der Waals surface area contributed by atoms with Crippen LogP contribution in [0.25, 0.3) is 0 Å². The topological polar surface area (TPSA) is 290 Å². The number of nitrogens with one attached hydrogen (secondary N) is 5. The summed E-state index contributed by atoms with van der Waals surface area (Å²) in [6, 6.07) is -6.29. The highest BCUT2D eigenvalue weighted by Crippen LogP contribution is 2.07. The van der Waals surface area contributed by atoms with Gasteiger partial charge in [-0.1, -0.05) is 13.8 Å². The Morgan fingerprint density at radius 1 is 0.881 bits per heavy atom. The normalized spacial score (nSPS) is 14.4. The number of aliphatic hydroxyl groups excluding tert-OH is 2. The van der Waals surface area contributed by atoms with Crippen molar-refractivity contribution in [3.63, 3.8) is 0 Å². The fraction of sp³-hybridized carbons (Fsp3) is 0.708. The number of amides is 6. The van der Waals surface area contributed by atoms with E-state index in [1.54, 1.807) is 0 Å². The van der Waals surface area contributed by atoms with Gasteiger partial charge in [0.2, 0.25) is 36.4 Å². The highest BCUT2D eigenvalue weighted by atomic mass is 16.5. The van der Waals surface area contributed by atoms with Crippen molar-refractivity contribution in [2.45, 2.75) is 76.2 Å². The van der Waals surface area contributed by atoms with Crippen LogP contribution < -0.4 is 32.3 Å². The molecule has 0 saturated carbocycles. The minimum atomic E-state index is -2.51. The molecule has 0 bridgehead atoms. The van der Waals surface area contributed by atoms with Crippen molar-refractivity contribution in [2.75, 3.05) is 26.2 Å². The van der Waals surface area contributed by atoms with Crippen LogP contribution in [0, 0.1) is 5.92 Å². The minimum absolute atomic E-state index is 0.00257. The summed E-state index contributed by atoms with van der Waals surface area (Å²) in [6.07, 6.45) is -0.920. The number of hydrogen-bond acceptors (Lipinski definition) is 11. The lowest BCUT2D eigenvalue weighted by molar-refractivity contribution is -0.152. The zero-order valence-electron chi connectivity index (χ0n) is 23.7. The Morgan fingerprint density at radius 3 is 2.02 bits per heavy atom. The van der Waals surface area contributed by atoms with Gasteiger partial charge in [0.25, 0.3) is 0 Å². The van der Waals surface area contributed by atoms with Crippen molar-refractivity contribution in [1.29, 1.82) is 0 Å². The van der Waals surface area contributed by atoms with Gasteiger partial charge in [0.05, 0.1) is 6.61 Å². The number of hydroxylamine groups is 2. The molecule has 0 unspecified atom stereocenters. The maximum atomic E-state index is 12.9. The molecule has 11 N–H and O–H groups in total. The number of aliphatic carboxylic acids is 1. The second kappa shape index (κ2) is 20.9. The van der Waals surface area contributed by atoms with Crippen LogP contribution >= 0.6 is 0 Å².